The molecule has 25 heavy (non-hydrogen) atoms. The van der Waals surface area contributed by atoms with E-state index in [9.17, 15) is 4.39 Å². The summed E-state index contributed by atoms with van der Waals surface area (Å²) in [5.74, 6) is 1.53. The van der Waals surface area contributed by atoms with Gasteiger partial charge in [-0.2, -0.15) is 0 Å². The molecule has 3 aromatic rings. The summed E-state index contributed by atoms with van der Waals surface area (Å²) in [4.78, 5) is 0. The second-order valence-corrected chi connectivity index (χ2v) is 6.95. The van der Waals surface area contributed by atoms with Gasteiger partial charge in [-0.15, -0.1) is 10.2 Å². The number of nitrogens with zero attached hydrogens (tertiary/aromatic N) is 3. The molecular weight excluding hydrogens is 361 g/mol. The van der Waals surface area contributed by atoms with E-state index in [1.54, 1.807) is 11.8 Å². The molecule has 0 fully saturated rings. The van der Waals surface area contributed by atoms with Gasteiger partial charge < -0.3 is 9.30 Å². The van der Waals surface area contributed by atoms with Crippen LogP contribution in [-0.4, -0.2) is 14.8 Å². The van der Waals surface area contributed by atoms with Crippen molar-refractivity contribution < 1.29 is 9.13 Å². The molecule has 0 unspecified atom stereocenters. The molecule has 0 bridgehead atoms. The molecule has 0 radical (unpaired) electrons. The van der Waals surface area contributed by atoms with Gasteiger partial charge in [0.15, 0.2) is 11.0 Å². The number of aromatic nitrogens is 3. The van der Waals surface area contributed by atoms with Crippen LogP contribution in [0, 0.1) is 12.7 Å². The zero-order valence-corrected chi connectivity index (χ0v) is 15.4. The van der Waals surface area contributed by atoms with E-state index in [2.05, 4.69) is 41.4 Å². The van der Waals surface area contributed by atoms with Gasteiger partial charge in [-0.3, -0.25) is 0 Å². The zero-order valence-electron chi connectivity index (χ0n) is 13.9. The fourth-order valence-corrected chi connectivity index (χ4v) is 3.20. The normalized spacial score (nSPS) is 10.9. The molecule has 0 saturated heterocycles. The lowest BCUT2D eigenvalue weighted by Gasteiger charge is -2.07. The average molecular weight is 378 g/mol. The summed E-state index contributed by atoms with van der Waals surface area (Å²) in [7, 11) is 1.90. The first-order valence-corrected chi connectivity index (χ1v) is 9.04. The Labute approximate surface area is 155 Å². The lowest BCUT2D eigenvalue weighted by Crippen LogP contribution is -2.04. The average Bonchev–Trinajstić information content (AvgIpc) is 2.95. The van der Waals surface area contributed by atoms with Crippen molar-refractivity contribution in [1.82, 2.24) is 14.8 Å². The Kier molecular flexibility index (Phi) is 5.60. The van der Waals surface area contributed by atoms with Crippen LogP contribution in [0.2, 0.25) is 5.02 Å². The Morgan fingerprint density at radius 2 is 1.92 bits per heavy atom. The van der Waals surface area contributed by atoms with Gasteiger partial charge in [-0.05, 0) is 24.6 Å². The number of halogens is 2. The molecule has 0 N–H and O–H groups in total. The van der Waals surface area contributed by atoms with E-state index in [0.717, 1.165) is 10.9 Å². The van der Waals surface area contributed by atoms with Crippen molar-refractivity contribution in [2.24, 2.45) is 7.05 Å². The highest BCUT2D eigenvalue weighted by molar-refractivity contribution is 7.98. The summed E-state index contributed by atoms with van der Waals surface area (Å²) in [5, 5.41) is 9.21. The fraction of sp³-hybridized carbons (Fsp3) is 0.222. The van der Waals surface area contributed by atoms with Crippen LogP contribution in [0.3, 0.4) is 0 Å². The molecule has 3 rings (SSSR count). The highest BCUT2D eigenvalue weighted by Gasteiger charge is 2.11. The van der Waals surface area contributed by atoms with Gasteiger partial charge in [0, 0.05) is 18.9 Å². The summed E-state index contributed by atoms with van der Waals surface area (Å²) < 4.78 is 20.7. The molecule has 0 amide bonds. The molecule has 0 saturated carbocycles. The van der Waals surface area contributed by atoms with Crippen molar-refractivity contribution in [3.05, 3.63) is 70.3 Å². The largest absolute Gasteiger partial charge is 0.486 e. The van der Waals surface area contributed by atoms with Crippen LogP contribution >= 0.6 is 23.4 Å². The third-order valence-corrected chi connectivity index (χ3v) is 5.05. The number of aryl methyl sites for hydroxylation is 1. The highest BCUT2D eigenvalue weighted by Crippen LogP contribution is 2.23. The highest BCUT2D eigenvalue weighted by atomic mass is 35.5. The van der Waals surface area contributed by atoms with Crippen LogP contribution in [-0.2, 0) is 19.4 Å². The second-order valence-electron chi connectivity index (χ2n) is 5.60. The summed E-state index contributed by atoms with van der Waals surface area (Å²) in [6.45, 7) is 2.30. The molecule has 1 aromatic heterocycles. The smallest absolute Gasteiger partial charge is 0.191 e. The van der Waals surface area contributed by atoms with Gasteiger partial charge in [0.05, 0.1) is 5.02 Å². The molecule has 0 atom stereocenters. The maximum Gasteiger partial charge on any atom is 0.191 e. The third-order valence-electron chi connectivity index (χ3n) is 3.67. The van der Waals surface area contributed by atoms with Crippen LogP contribution in [0.25, 0.3) is 0 Å². The van der Waals surface area contributed by atoms with Crippen molar-refractivity contribution in [3.8, 4) is 5.75 Å². The van der Waals surface area contributed by atoms with Gasteiger partial charge in [-0.1, -0.05) is 53.2 Å². The lowest BCUT2D eigenvalue weighted by molar-refractivity contribution is 0.290. The standard InChI is InChI=1S/C18H17ClFN3OS/c1-12-3-5-13(6-4-12)11-25-18-22-21-17(23(18)2)10-24-14-7-8-16(20)15(19)9-14/h3-9H,10-11H2,1-2H3. The Balaban J connectivity index is 1.60. The van der Waals surface area contributed by atoms with Crippen LogP contribution in [0.5, 0.6) is 5.75 Å². The van der Waals surface area contributed by atoms with Crippen LogP contribution in [0.4, 0.5) is 4.39 Å². The lowest BCUT2D eigenvalue weighted by atomic mass is 10.2. The first-order valence-electron chi connectivity index (χ1n) is 7.67. The van der Waals surface area contributed by atoms with E-state index < -0.39 is 5.82 Å². The van der Waals surface area contributed by atoms with Gasteiger partial charge in [0.2, 0.25) is 0 Å². The second kappa shape index (κ2) is 7.89. The van der Waals surface area contributed by atoms with Crippen molar-refractivity contribution in [2.45, 2.75) is 24.4 Å². The topological polar surface area (TPSA) is 39.9 Å². The first-order chi connectivity index (χ1) is 12.0. The minimum atomic E-state index is -0.470. The first kappa shape index (κ1) is 17.8. The minimum Gasteiger partial charge on any atom is -0.486 e. The summed E-state index contributed by atoms with van der Waals surface area (Å²) in [6.07, 6.45) is 0. The van der Waals surface area contributed by atoms with E-state index >= 15 is 0 Å². The molecule has 0 aliphatic carbocycles. The minimum absolute atomic E-state index is 0.0322. The summed E-state index contributed by atoms with van der Waals surface area (Å²) in [5.41, 5.74) is 2.48. The van der Waals surface area contributed by atoms with Crippen molar-refractivity contribution in [3.63, 3.8) is 0 Å². The van der Waals surface area contributed by atoms with Gasteiger partial charge in [-0.25, -0.2) is 4.39 Å². The molecule has 0 spiro atoms. The number of rotatable bonds is 6. The Bertz CT molecular complexity index is 867. The Morgan fingerprint density at radius 3 is 2.64 bits per heavy atom. The molecule has 4 nitrogen and oxygen atoms in total. The quantitative estimate of drug-likeness (QED) is 0.579. The number of hydrogen-bond donors (Lipinski definition) is 0. The molecule has 0 aliphatic heterocycles. The number of thioether (sulfide) groups is 1. The Morgan fingerprint density at radius 1 is 1.16 bits per heavy atom. The van der Waals surface area contributed by atoms with E-state index in [1.165, 1.54) is 29.3 Å². The molecular formula is C18H17ClFN3OS. The zero-order chi connectivity index (χ0) is 17.8. The van der Waals surface area contributed by atoms with E-state index in [-0.39, 0.29) is 11.6 Å². The van der Waals surface area contributed by atoms with Gasteiger partial charge in [0.25, 0.3) is 0 Å². The number of benzene rings is 2. The Hall–Kier alpha value is -2.05. The molecule has 2 aromatic carbocycles. The van der Waals surface area contributed by atoms with Gasteiger partial charge >= 0.3 is 0 Å². The van der Waals surface area contributed by atoms with Crippen LogP contribution < -0.4 is 4.74 Å². The summed E-state index contributed by atoms with van der Waals surface area (Å²) >= 11 is 7.36. The number of hydrogen-bond acceptors (Lipinski definition) is 4. The summed E-state index contributed by atoms with van der Waals surface area (Å²) in [6, 6.07) is 12.7. The van der Waals surface area contributed by atoms with Crippen LogP contribution in [0.1, 0.15) is 17.0 Å². The van der Waals surface area contributed by atoms with Crippen LogP contribution in [0.15, 0.2) is 47.6 Å². The predicted octanol–water partition coefficient (Wildman–Crippen LogP) is 4.79. The van der Waals surface area contributed by atoms with E-state index in [0.29, 0.717) is 11.6 Å². The molecule has 1 heterocycles. The van der Waals surface area contributed by atoms with E-state index in [4.69, 9.17) is 16.3 Å². The van der Waals surface area contributed by atoms with Crippen molar-refractivity contribution in [2.75, 3.05) is 0 Å². The maximum absolute atomic E-state index is 13.2. The SMILES string of the molecule is Cc1ccc(CSc2nnc(COc3ccc(F)c(Cl)c3)n2C)cc1. The molecule has 7 heteroatoms. The monoisotopic (exact) mass is 377 g/mol. The molecule has 130 valence electrons. The fourth-order valence-electron chi connectivity index (χ4n) is 2.14. The molecule has 0 aliphatic rings. The van der Waals surface area contributed by atoms with E-state index in [1.807, 2.05) is 11.6 Å². The van der Waals surface area contributed by atoms with Crippen molar-refractivity contribution >= 4 is 23.4 Å². The number of ether oxygens (including phenoxy) is 1. The third kappa shape index (κ3) is 4.52. The predicted molar refractivity (Wildman–Crippen MR) is 97.5 cm³/mol. The van der Waals surface area contributed by atoms with Crippen molar-refractivity contribution in [1.29, 1.82) is 0 Å². The maximum atomic E-state index is 13.2. The van der Waals surface area contributed by atoms with Gasteiger partial charge in [0.1, 0.15) is 18.2 Å².